The minimum Gasteiger partial charge on any atom is -0.493 e. The van der Waals surface area contributed by atoms with Crippen LogP contribution in [-0.4, -0.2) is 51.4 Å². The summed E-state index contributed by atoms with van der Waals surface area (Å²) in [5.41, 5.74) is 0.903. The summed E-state index contributed by atoms with van der Waals surface area (Å²) >= 11 is 0. The van der Waals surface area contributed by atoms with E-state index in [9.17, 15) is 14.3 Å². The lowest BCUT2D eigenvalue weighted by molar-refractivity contribution is 0.0947. The Kier molecular flexibility index (Phi) is 6.39. The number of aliphatic hydroxyl groups is 1. The molecule has 0 spiro atoms. The molecule has 0 aliphatic carbocycles. The van der Waals surface area contributed by atoms with Crippen molar-refractivity contribution < 1.29 is 28.5 Å². The first-order valence-corrected chi connectivity index (χ1v) is 9.42. The lowest BCUT2D eigenvalue weighted by atomic mass is 9.75. The monoisotopic (exact) mass is 403 g/mol. The second-order valence-corrected chi connectivity index (χ2v) is 7.18. The van der Waals surface area contributed by atoms with Gasteiger partial charge in [-0.25, -0.2) is 4.39 Å². The Hall–Kier alpha value is -2.64. The van der Waals surface area contributed by atoms with Gasteiger partial charge in [0.1, 0.15) is 5.82 Å². The van der Waals surface area contributed by atoms with Gasteiger partial charge in [-0.2, -0.15) is 0 Å². The molecule has 2 N–H and O–H groups in total. The van der Waals surface area contributed by atoms with Gasteiger partial charge in [-0.3, -0.25) is 4.79 Å². The number of Topliss-reactive ketones (excluding diaryl/α,β-unsaturated/α-hetero) is 1. The summed E-state index contributed by atoms with van der Waals surface area (Å²) in [4.78, 5) is 13.2. The number of hydrogen-bond acceptors (Lipinski definition) is 6. The average molecular weight is 403 g/mol. The highest BCUT2D eigenvalue weighted by Crippen LogP contribution is 2.41. The van der Waals surface area contributed by atoms with E-state index in [1.807, 2.05) is 0 Å². The van der Waals surface area contributed by atoms with Gasteiger partial charge in [-0.05, 0) is 42.7 Å². The first-order valence-electron chi connectivity index (χ1n) is 9.42. The number of methoxy groups -OCH3 is 3. The molecule has 1 heterocycles. The van der Waals surface area contributed by atoms with E-state index in [2.05, 4.69) is 5.32 Å². The summed E-state index contributed by atoms with van der Waals surface area (Å²) in [5.74, 6) is 0.823. The van der Waals surface area contributed by atoms with Gasteiger partial charge < -0.3 is 24.6 Å². The average Bonchev–Trinajstić information content (AvgIpc) is 3.17. The fourth-order valence-electron chi connectivity index (χ4n) is 4.04. The Balaban J connectivity index is 1.90. The van der Waals surface area contributed by atoms with Crippen LogP contribution in [0.25, 0.3) is 0 Å². The van der Waals surface area contributed by atoms with Crippen LogP contribution in [0.5, 0.6) is 17.2 Å². The third-order valence-electron chi connectivity index (χ3n) is 5.59. The molecule has 2 aromatic rings. The summed E-state index contributed by atoms with van der Waals surface area (Å²) in [7, 11) is 4.51. The molecular formula is C22H26FNO5. The molecule has 1 aliphatic rings. The molecule has 0 bridgehead atoms. The molecule has 3 rings (SSSR count). The number of nitrogens with one attached hydrogen (secondary N) is 1. The summed E-state index contributed by atoms with van der Waals surface area (Å²) in [6, 6.07) is 9.07. The first-order chi connectivity index (χ1) is 14.0. The Morgan fingerprint density at radius 1 is 1.14 bits per heavy atom. The Labute approximate surface area is 169 Å². The maximum atomic E-state index is 13.4. The zero-order valence-electron chi connectivity index (χ0n) is 16.8. The molecule has 6 nitrogen and oxygen atoms in total. The highest BCUT2D eigenvalue weighted by Gasteiger charge is 2.43. The summed E-state index contributed by atoms with van der Waals surface area (Å²) < 4.78 is 29.4. The van der Waals surface area contributed by atoms with Crippen LogP contribution in [0.2, 0.25) is 0 Å². The number of ketones is 1. The summed E-state index contributed by atoms with van der Waals surface area (Å²) in [6.07, 6.45) is 0.972. The van der Waals surface area contributed by atoms with Crippen LogP contribution in [-0.2, 0) is 5.41 Å². The molecule has 0 radical (unpaired) electrons. The van der Waals surface area contributed by atoms with E-state index < -0.39 is 11.5 Å². The minimum atomic E-state index is -0.450. The van der Waals surface area contributed by atoms with Crippen LogP contribution < -0.4 is 19.5 Å². The van der Waals surface area contributed by atoms with E-state index in [4.69, 9.17) is 14.2 Å². The topological polar surface area (TPSA) is 77.0 Å². The number of benzene rings is 2. The molecule has 1 aliphatic heterocycles. The van der Waals surface area contributed by atoms with Crippen molar-refractivity contribution >= 4 is 5.78 Å². The van der Waals surface area contributed by atoms with E-state index in [0.717, 1.165) is 5.56 Å². The number of hydrogen-bond donors (Lipinski definition) is 2. The van der Waals surface area contributed by atoms with Gasteiger partial charge in [0.25, 0.3) is 0 Å². The molecule has 29 heavy (non-hydrogen) atoms. The van der Waals surface area contributed by atoms with Gasteiger partial charge in [0.05, 0.1) is 27.4 Å². The van der Waals surface area contributed by atoms with E-state index in [-0.39, 0.29) is 18.2 Å². The third kappa shape index (κ3) is 4.06. The molecule has 7 heteroatoms. The smallest absolute Gasteiger partial charge is 0.203 e. The van der Waals surface area contributed by atoms with E-state index >= 15 is 0 Å². The van der Waals surface area contributed by atoms with Gasteiger partial charge in [0.15, 0.2) is 17.3 Å². The maximum absolute atomic E-state index is 13.4. The van der Waals surface area contributed by atoms with E-state index in [1.54, 1.807) is 24.3 Å². The largest absolute Gasteiger partial charge is 0.493 e. The predicted molar refractivity (Wildman–Crippen MR) is 107 cm³/mol. The zero-order valence-corrected chi connectivity index (χ0v) is 16.8. The fraction of sp³-hybridized carbons (Fsp3) is 0.409. The van der Waals surface area contributed by atoms with Crippen LogP contribution in [0.15, 0.2) is 36.4 Å². The second-order valence-electron chi connectivity index (χ2n) is 7.18. The van der Waals surface area contributed by atoms with Gasteiger partial charge >= 0.3 is 0 Å². The minimum absolute atomic E-state index is 0.0237. The summed E-state index contributed by atoms with van der Waals surface area (Å²) in [6.45, 7) is 0.490. The third-order valence-corrected chi connectivity index (χ3v) is 5.59. The van der Waals surface area contributed by atoms with E-state index in [1.165, 1.54) is 33.5 Å². The molecule has 0 amide bonds. The molecular weight excluding hydrogens is 377 g/mol. The molecule has 1 fully saturated rings. The normalized spacial score (nSPS) is 21.1. The molecule has 1 saturated heterocycles. The van der Waals surface area contributed by atoms with Gasteiger partial charge in [-0.1, -0.05) is 12.1 Å². The van der Waals surface area contributed by atoms with Crippen molar-refractivity contribution in [2.24, 2.45) is 0 Å². The Bertz CT molecular complexity index is 845. The number of carbonyl (C=O) groups is 1. The van der Waals surface area contributed by atoms with Crippen molar-refractivity contribution in [2.45, 2.75) is 24.3 Å². The number of carbonyl (C=O) groups excluding carboxylic acids is 1. The van der Waals surface area contributed by atoms with Crippen molar-refractivity contribution in [3.05, 3.63) is 53.3 Å². The van der Waals surface area contributed by atoms with Gasteiger partial charge in [0, 0.05) is 24.1 Å². The lowest BCUT2D eigenvalue weighted by Crippen LogP contribution is -2.31. The first kappa shape index (κ1) is 21.1. The molecule has 0 aromatic heterocycles. The molecule has 2 unspecified atom stereocenters. The zero-order chi connectivity index (χ0) is 21.0. The number of rotatable bonds is 8. The molecule has 0 saturated carbocycles. The number of ether oxygens (including phenoxy) is 3. The van der Waals surface area contributed by atoms with Crippen LogP contribution in [0, 0.1) is 5.82 Å². The molecule has 156 valence electrons. The van der Waals surface area contributed by atoms with Crippen molar-refractivity contribution in [3.63, 3.8) is 0 Å². The second kappa shape index (κ2) is 8.80. The summed E-state index contributed by atoms with van der Waals surface area (Å²) in [5, 5.41) is 12.9. The van der Waals surface area contributed by atoms with Crippen molar-refractivity contribution in [3.8, 4) is 17.2 Å². The number of halogens is 1. The van der Waals surface area contributed by atoms with Crippen molar-refractivity contribution in [2.75, 3.05) is 34.5 Å². The van der Waals surface area contributed by atoms with Gasteiger partial charge in [0.2, 0.25) is 5.75 Å². The van der Waals surface area contributed by atoms with Crippen molar-refractivity contribution in [1.29, 1.82) is 0 Å². The molecule has 2 aromatic carbocycles. The Morgan fingerprint density at radius 2 is 1.76 bits per heavy atom. The fourth-order valence-corrected chi connectivity index (χ4v) is 4.04. The quantitative estimate of drug-likeness (QED) is 0.660. The number of aliphatic hydroxyl groups excluding tert-OH is 1. The lowest BCUT2D eigenvalue weighted by Gasteiger charge is -2.28. The standard InChI is InChI=1S/C22H26FNO5/c1-27-18-10-14(11-19(28-2)21(18)29-3)20(26)17-12-22(8-9-25,13-24-17)15-4-6-16(23)7-5-15/h4-7,10-11,17,24-25H,8-9,12-13H2,1-3H3. The van der Waals surface area contributed by atoms with Gasteiger partial charge in [-0.15, -0.1) is 0 Å². The van der Waals surface area contributed by atoms with Crippen molar-refractivity contribution in [1.82, 2.24) is 5.32 Å². The van der Waals surface area contributed by atoms with Crippen LogP contribution in [0.4, 0.5) is 4.39 Å². The SMILES string of the molecule is COc1cc(C(=O)C2CC(CCO)(c3ccc(F)cc3)CN2)cc(OC)c1OC. The van der Waals surface area contributed by atoms with Crippen LogP contribution in [0.3, 0.4) is 0 Å². The molecule has 2 atom stereocenters. The maximum Gasteiger partial charge on any atom is 0.203 e. The van der Waals surface area contributed by atoms with Crippen LogP contribution >= 0.6 is 0 Å². The predicted octanol–water partition coefficient (Wildman–Crippen LogP) is 2.72. The highest BCUT2D eigenvalue weighted by molar-refractivity contribution is 6.01. The highest BCUT2D eigenvalue weighted by atomic mass is 19.1. The van der Waals surface area contributed by atoms with E-state index in [0.29, 0.717) is 42.2 Å². The van der Waals surface area contributed by atoms with Crippen LogP contribution in [0.1, 0.15) is 28.8 Å². The Morgan fingerprint density at radius 3 is 2.28 bits per heavy atom.